The van der Waals surface area contributed by atoms with Crippen molar-refractivity contribution in [1.29, 1.82) is 0 Å². The van der Waals surface area contributed by atoms with Crippen LogP contribution in [0.15, 0.2) is 6.20 Å². The molecule has 2 N–H and O–H groups in total. The van der Waals surface area contributed by atoms with Gasteiger partial charge in [-0.3, -0.25) is 14.3 Å². The second-order valence-corrected chi connectivity index (χ2v) is 5.87. The second kappa shape index (κ2) is 4.70. The maximum absolute atomic E-state index is 12.8. The SMILES string of the molecule is Cn1ncc(CN)c1N1C(=O)CC2(CCCCC2)C1=O. The predicted octanol–water partition coefficient (Wildman–Crippen LogP) is 1.09. The van der Waals surface area contributed by atoms with Crippen molar-refractivity contribution < 1.29 is 9.59 Å². The van der Waals surface area contributed by atoms with Gasteiger partial charge in [0.05, 0.1) is 11.6 Å². The van der Waals surface area contributed by atoms with Crippen LogP contribution in [0.1, 0.15) is 44.1 Å². The van der Waals surface area contributed by atoms with Gasteiger partial charge < -0.3 is 5.73 Å². The van der Waals surface area contributed by atoms with Crippen LogP contribution in [-0.2, 0) is 23.2 Å². The van der Waals surface area contributed by atoms with Gasteiger partial charge in [0.2, 0.25) is 11.8 Å². The lowest BCUT2D eigenvalue weighted by Gasteiger charge is -2.30. The lowest BCUT2D eigenvalue weighted by molar-refractivity contribution is -0.127. The van der Waals surface area contributed by atoms with Crippen LogP contribution >= 0.6 is 0 Å². The fourth-order valence-corrected chi connectivity index (χ4v) is 3.54. The lowest BCUT2D eigenvalue weighted by atomic mass is 9.73. The fraction of sp³-hybridized carbons (Fsp3) is 0.643. The van der Waals surface area contributed by atoms with Crippen molar-refractivity contribution in [2.24, 2.45) is 18.2 Å². The van der Waals surface area contributed by atoms with Crippen LogP contribution in [0.2, 0.25) is 0 Å². The van der Waals surface area contributed by atoms with E-state index >= 15 is 0 Å². The van der Waals surface area contributed by atoms with Crippen LogP contribution in [0.25, 0.3) is 0 Å². The van der Waals surface area contributed by atoms with Gasteiger partial charge in [0.15, 0.2) is 0 Å². The first-order valence-corrected chi connectivity index (χ1v) is 7.17. The molecule has 6 heteroatoms. The Balaban J connectivity index is 2.00. The summed E-state index contributed by atoms with van der Waals surface area (Å²) in [5.74, 6) is 0.376. The number of nitrogens with zero attached hydrogens (tertiary/aromatic N) is 3. The van der Waals surface area contributed by atoms with Crippen LogP contribution in [0.3, 0.4) is 0 Å². The average molecular weight is 276 g/mol. The number of imide groups is 1. The van der Waals surface area contributed by atoms with Gasteiger partial charge in [-0.2, -0.15) is 5.10 Å². The normalized spacial score (nSPS) is 22.0. The Morgan fingerprint density at radius 1 is 1.30 bits per heavy atom. The Morgan fingerprint density at radius 3 is 2.65 bits per heavy atom. The van der Waals surface area contributed by atoms with Gasteiger partial charge in [0, 0.05) is 25.6 Å². The number of aryl methyl sites for hydroxylation is 1. The van der Waals surface area contributed by atoms with Crippen LogP contribution in [0, 0.1) is 5.41 Å². The Labute approximate surface area is 117 Å². The summed E-state index contributed by atoms with van der Waals surface area (Å²) in [6.07, 6.45) is 6.82. The van der Waals surface area contributed by atoms with Crippen LogP contribution in [0.5, 0.6) is 0 Å². The van der Waals surface area contributed by atoms with Crippen LogP contribution < -0.4 is 10.6 Å². The van der Waals surface area contributed by atoms with E-state index < -0.39 is 5.41 Å². The molecule has 0 bridgehead atoms. The van der Waals surface area contributed by atoms with E-state index in [0.29, 0.717) is 12.2 Å². The molecule has 2 heterocycles. The monoisotopic (exact) mass is 276 g/mol. The van der Waals surface area contributed by atoms with E-state index in [9.17, 15) is 9.59 Å². The minimum absolute atomic E-state index is 0.0551. The van der Waals surface area contributed by atoms with Crippen molar-refractivity contribution in [3.63, 3.8) is 0 Å². The molecule has 0 atom stereocenters. The number of aromatic nitrogens is 2. The van der Waals surface area contributed by atoms with Crippen LogP contribution in [0.4, 0.5) is 5.82 Å². The van der Waals surface area contributed by atoms with Gasteiger partial charge >= 0.3 is 0 Å². The number of hydrogen-bond donors (Lipinski definition) is 1. The quantitative estimate of drug-likeness (QED) is 0.820. The van der Waals surface area contributed by atoms with Gasteiger partial charge in [0.1, 0.15) is 5.82 Å². The highest BCUT2D eigenvalue weighted by Crippen LogP contribution is 2.46. The number of carbonyl (C=O) groups is 2. The van der Waals surface area contributed by atoms with E-state index in [1.165, 1.54) is 4.90 Å². The summed E-state index contributed by atoms with van der Waals surface area (Å²) in [7, 11) is 1.74. The first-order valence-electron chi connectivity index (χ1n) is 7.17. The molecule has 0 unspecified atom stereocenters. The smallest absolute Gasteiger partial charge is 0.241 e. The molecule has 1 spiro atoms. The third-order valence-corrected chi connectivity index (χ3v) is 4.62. The van der Waals surface area contributed by atoms with E-state index in [0.717, 1.165) is 37.7 Å². The van der Waals surface area contributed by atoms with Crippen molar-refractivity contribution >= 4 is 17.6 Å². The zero-order valence-electron chi connectivity index (χ0n) is 11.8. The summed E-state index contributed by atoms with van der Waals surface area (Å²) in [5, 5.41) is 4.12. The molecule has 2 amide bonds. The lowest BCUT2D eigenvalue weighted by Crippen LogP contribution is -2.38. The van der Waals surface area contributed by atoms with Gasteiger partial charge in [-0.05, 0) is 12.8 Å². The standard InChI is InChI=1S/C14H20N4O2/c1-17-12(10(8-15)9-16-17)18-11(19)7-14(13(18)20)5-3-2-4-6-14/h9H,2-8,15H2,1H3. The number of rotatable bonds is 2. The molecule has 1 aromatic rings. The molecule has 1 aromatic heterocycles. The van der Waals surface area contributed by atoms with E-state index in [4.69, 9.17) is 5.73 Å². The van der Waals surface area contributed by atoms with Crippen molar-refractivity contribution in [3.8, 4) is 0 Å². The van der Waals surface area contributed by atoms with E-state index in [-0.39, 0.29) is 18.4 Å². The summed E-state index contributed by atoms with van der Waals surface area (Å²) < 4.78 is 1.57. The van der Waals surface area contributed by atoms with Gasteiger partial charge in [-0.1, -0.05) is 19.3 Å². The minimum atomic E-state index is -0.467. The molecule has 108 valence electrons. The summed E-state index contributed by atoms with van der Waals surface area (Å²) in [4.78, 5) is 26.6. The van der Waals surface area contributed by atoms with Crippen molar-refractivity contribution in [2.75, 3.05) is 4.90 Å². The molecule has 20 heavy (non-hydrogen) atoms. The summed E-state index contributed by atoms with van der Waals surface area (Å²) in [6, 6.07) is 0. The summed E-state index contributed by atoms with van der Waals surface area (Å²) in [6.45, 7) is 0.271. The molecule has 1 saturated heterocycles. The molecular formula is C14H20N4O2. The highest BCUT2D eigenvalue weighted by atomic mass is 16.2. The molecule has 0 radical (unpaired) electrons. The zero-order valence-corrected chi connectivity index (χ0v) is 11.8. The first kappa shape index (κ1) is 13.3. The second-order valence-electron chi connectivity index (χ2n) is 5.87. The van der Waals surface area contributed by atoms with Crippen LogP contribution in [-0.4, -0.2) is 21.6 Å². The minimum Gasteiger partial charge on any atom is -0.326 e. The Morgan fingerprint density at radius 2 is 2.00 bits per heavy atom. The number of nitrogens with two attached hydrogens (primary N) is 1. The molecule has 0 aromatic carbocycles. The highest BCUT2D eigenvalue weighted by Gasteiger charge is 2.53. The maximum atomic E-state index is 12.8. The molecular weight excluding hydrogens is 256 g/mol. The number of hydrogen-bond acceptors (Lipinski definition) is 4. The largest absolute Gasteiger partial charge is 0.326 e. The number of carbonyl (C=O) groups excluding carboxylic acids is 2. The number of amides is 2. The van der Waals surface area contributed by atoms with Gasteiger partial charge in [-0.15, -0.1) is 0 Å². The van der Waals surface area contributed by atoms with Gasteiger partial charge in [-0.25, -0.2) is 4.90 Å². The number of anilines is 1. The third kappa shape index (κ3) is 1.78. The van der Waals surface area contributed by atoms with E-state index in [2.05, 4.69) is 5.10 Å². The summed E-state index contributed by atoms with van der Waals surface area (Å²) >= 11 is 0. The molecule has 3 rings (SSSR count). The van der Waals surface area contributed by atoms with E-state index in [1.807, 2.05) is 0 Å². The molecule has 2 aliphatic rings. The van der Waals surface area contributed by atoms with E-state index in [1.54, 1.807) is 17.9 Å². The van der Waals surface area contributed by atoms with Crippen molar-refractivity contribution in [3.05, 3.63) is 11.8 Å². The Bertz CT molecular complexity index is 558. The fourth-order valence-electron chi connectivity index (χ4n) is 3.54. The van der Waals surface area contributed by atoms with Crippen molar-refractivity contribution in [1.82, 2.24) is 9.78 Å². The maximum Gasteiger partial charge on any atom is 0.241 e. The third-order valence-electron chi connectivity index (χ3n) is 4.62. The zero-order chi connectivity index (χ0) is 14.3. The molecule has 2 fully saturated rings. The van der Waals surface area contributed by atoms with Gasteiger partial charge in [0.25, 0.3) is 0 Å². The predicted molar refractivity (Wildman–Crippen MR) is 73.7 cm³/mol. The molecule has 1 aliphatic carbocycles. The molecule has 6 nitrogen and oxygen atoms in total. The topological polar surface area (TPSA) is 81.2 Å². The van der Waals surface area contributed by atoms with Crippen molar-refractivity contribution in [2.45, 2.75) is 45.1 Å². The Hall–Kier alpha value is -1.69. The molecule has 1 saturated carbocycles. The average Bonchev–Trinajstić information content (AvgIpc) is 2.90. The summed E-state index contributed by atoms with van der Waals surface area (Å²) in [5.41, 5.74) is 5.96. The highest BCUT2D eigenvalue weighted by molar-refractivity contribution is 6.22. The molecule has 1 aliphatic heterocycles. The first-order chi connectivity index (χ1) is 9.59. The Kier molecular flexibility index (Phi) is 3.12.